The van der Waals surface area contributed by atoms with Gasteiger partial charge in [0.25, 0.3) is 5.91 Å². The molecule has 1 aliphatic carbocycles. The van der Waals surface area contributed by atoms with Crippen LogP contribution in [0.15, 0.2) is 36.4 Å². The number of hydrogen-bond acceptors (Lipinski definition) is 3. The Morgan fingerprint density at radius 3 is 2.35 bits per heavy atom. The van der Waals surface area contributed by atoms with Crippen LogP contribution in [0.5, 0.6) is 0 Å². The zero-order valence-electron chi connectivity index (χ0n) is 15.6. The van der Waals surface area contributed by atoms with Crippen LogP contribution in [0.4, 0.5) is 5.69 Å². The van der Waals surface area contributed by atoms with Gasteiger partial charge in [-0.2, -0.15) is 0 Å². The van der Waals surface area contributed by atoms with E-state index in [9.17, 15) is 9.59 Å². The van der Waals surface area contributed by atoms with Crippen molar-refractivity contribution in [1.82, 2.24) is 0 Å². The van der Waals surface area contributed by atoms with Crippen LogP contribution >= 0.6 is 0 Å². The number of esters is 1. The summed E-state index contributed by atoms with van der Waals surface area (Å²) in [7, 11) is 0. The Morgan fingerprint density at radius 2 is 1.65 bits per heavy atom. The number of carbonyl (C=O) groups excluding carboxylic acids is 2. The summed E-state index contributed by atoms with van der Waals surface area (Å²) in [6.07, 6.45) is 3.56. The molecule has 2 aromatic carbocycles. The third-order valence-corrected chi connectivity index (χ3v) is 4.97. The highest BCUT2D eigenvalue weighted by atomic mass is 16.5. The van der Waals surface area contributed by atoms with Gasteiger partial charge in [-0.15, -0.1) is 0 Å². The molecule has 0 saturated heterocycles. The third-order valence-electron chi connectivity index (χ3n) is 4.97. The predicted molar refractivity (Wildman–Crippen MR) is 103 cm³/mol. The molecule has 1 N–H and O–H groups in total. The lowest BCUT2D eigenvalue weighted by atomic mass is 9.90. The number of rotatable bonds is 4. The Kier molecular flexibility index (Phi) is 5.40. The molecule has 0 spiro atoms. The third kappa shape index (κ3) is 3.96. The Hall–Kier alpha value is -2.62. The largest absolute Gasteiger partial charge is 0.449 e. The van der Waals surface area contributed by atoms with E-state index in [4.69, 9.17) is 4.74 Å². The molecule has 4 nitrogen and oxygen atoms in total. The van der Waals surface area contributed by atoms with E-state index in [1.54, 1.807) is 13.0 Å². The molecule has 0 fully saturated rings. The normalized spacial score (nSPS) is 14.3. The number of hydrogen-bond donors (Lipinski definition) is 1. The predicted octanol–water partition coefficient (Wildman–Crippen LogP) is 4.37. The number of para-hydroxylation sites is 1. The quantitative estimate of drug-likeness (QED) is 0.833. The maximum absolute atomic E-state index is 12.4. The van der Waals surface area contributed by atoms with Gasteiger partial charge in [0.1, 0.15) is 0 Å². The standard InChI is InChI=1S/C22H25NO3/c1-14-7-6-8-15(2)20(14)23-21(24)16(3)26-22(25)19-12-11-17-9-4-5-10-18(17)13-19/h6-8,11-13,16H,4-5,9-10H2,1-3H3,(H,23,24)/t16-/m0/s1. The van der Waals surface area contributed by atoms with Crippen molar-refractivity contribution in [1.29, 1.82) is 0 Å². The molecule has 2 aromatic rings. The monoisotopic (exact) mass is 351 g/mol. The Labute approximate surface area is 154 Å². The van der Waals surface area contributed by atoms with E-state index in [2.05, 4.69) is 5.32 Å². The summed E-state index contributed by atoms with van der Waals surface area (Å²) in [6, 6.07) is 11.5. The van der Waals surface area contributed by atoms with Crippen molar-refractivity contribution in [2.24, 2.45) is 0 Å². The zero-order chi connectivity index (χ0) is 18.7. The molecule has 26 heavy (non-hydrogen) atoms. The topological polar surface area (TPSA) is 55.4 Å². The summed E-state index contributed by atoms with van der Waals surface area (Å²) in [6.45, 7) is 5.47. The van der Waals surface area contributed by atoms with Crippen LogP contribution in [-0.4, -0.2) is 18.0 Å². The molecule has 0 bridgehead atoms. The minimum absolute atomic E-state index is 0.325. The number of ether oxygens (including phenoxy) is 1. The molecule has 0 unspecified atom stereocenters. The molecule has 0 heterocycles. The number of amides is 1. The molecule has 1 aliphatic rings. The second-order valence-electron chi connectivity index (χ2n) is 6.99. The average molecular weight is 351 g/mol. The molecule has 1 atom stereocenters. The van der Waals surface area contributed by atoms with Gasteiger partial charge in [-0.25, -0.2) is 4.79 Å². The highest BCUT2D eigenvalue weighted by molar-refractivity contribution is 5.98. The van der Waals surface area contributed by atoms with Gasteiger partial charge in [0, 0.05) is 5.69 Å². The molecule has 0 aromatic heterocycles. The van der Waals surface area contributed by atoms with E-state index < -0.39 is 12.1 Å². The highest BCUT2D eigenvalue weighted by Crippen LogP contribution is 2.23. The van der Waals surface area contributed by atoms with Gasteiger partial charge in [0.2, 0.25) is 0 Å². The Balaban J connectivity index is 1.66. The fourth-order valence-electron chi connectivity index (χ4n) is 3.38. The number of anilines is 1. The van der Waals surface area contributed by atoms with Crippen LogP contribution in [0.3, 0.4) is 0 Å². The summed E-state index contributed by atoms with van der Waals surface area (Å²) in [5.41, 5.74) is 5.77. The minimum atomic E-state index is -0.863. The summed E-state index contributed by atoms with van der Waals surface area (Å²) in [5, 5.41) is 2.87. The second-order valence-corrected chi connectivity index (χ2v) is 6.99. The van der Waals surface area contributed by atoms with E-state index >= 15 is 0 Å². The highest BCUT2D eigenvalue weighted by Gasteiger charge is 2.21. The van der Waals surface area contributed by atoms with Crippen LogP contribution in [0, 0.1) is 13.8 Å². The maximum Gasteiger partial charge on any atom is 0.338 e. The first-order valence-electron chi connectivity index (χ1n) is 9.15. The number of aryl methyl sites for hydroxylation is 4. The van der Waals surface area contributed by atoms with Gasteiger partial charge >= 0.3 is 5.97 Å². The lowest BCUT2D eigenvalue weighted by Crippen LogP contribution is -2.30. The molecule has 0 aliphatic heterocycles. The van der Waals surface area contributed by atoms with Crippen molar-refractivity contribution in [2.45, 2.75) is 52.6 Å². The van der Waals surface area contributed by atoms with Gasteiger partial charge in [0.05, 0.1) is 5.56 Å². The Bertz CT molecular complexity index is 821. The number of carbonyl (C=O) groups is 2. The smallest absolute Gasteiger partial charge is 0.338 e. The molecule has 4 heteroatoms. The first kappa shape index (κ1) is 18.2. The van der Waals surface area contributed by atoms with Crippen molar-refractivity contribution in [3.05, 3.63) is 64.2 Å². The number of fused-ring (bicyclic) bond motifs is 1. The van der Waals surface area contributed by atoms with Crippen LogP contribution in [-0.2, 0) is 22.4 Å². The van der Waals surface area contributed by atoms with E-state index in [1.807, 2.05) is 44.2 Å². The van der Waals surface area contributed by atoms with E-state index in [0.29, 0.717) is 5.56 Å². The molecular weight excluding hydrogens is 326 g/mol. The lowest BCUT2D eigenvalue weighted by Gasteiger charge is -2.18. The van der Waals surface area contributed by atoms with Gasteiger partial charge in [-0.1, -0.05) is 24.3 Å². The van der Waals surface area contributed by atoms with Gasteiger partial charge in [0.15, 0.2) is 6.10 Å². The van der Waals surface area contributed by atoms with Crippen LogP contribution in [0.1, 0.15) is 52.4 Å². The maximum atomic E-state index is 12.4. The first-order valence-corrected chi connectivity index (χ1v) is 9.15. The summed E-state index contributed by atoms with van der Waals surface area (Å²) in [5.74, 6) is -0.781. The fraction of sp³-hybridized carbons (Fsp3) is 0.364. The van der Waals surface area contributed by atoms with Gasteiger partial charge in [-0.3, -0.25) is 4.79 Å². The van der Waals surface area contributed by atoms with E-state index in [-0.39, 0.29) is 5.91 Å². The van der Waals surface area contributed by atoms with Crippen LogP contribution in [0.2, 0.25) is 0 Å². The summed E-state index contributed by atoms with van der Waals surface area (Å²) < 4.78 is 5.39. The molecule has 1 amide bonds. The van der Waals surface area contributed by atoms with Gasteiger partial charge < -0.3 is 10.1 Å². The molecule has 136 valence electrons. The van der Waals surface area contributed by atoms with Crippen molar-refractivity contribution in [3.63, 3.8) is 0 Å². The average Bonchev–Trinajstić information content (AvgIpc) is 2.64. The fourth-order valence-corrected chi connectivity index (χ4v) is 3.38. The van der Waals surface area contributed by atoms with Crippen molar-refractivity contribution in [3.8, 4) is 0 Å². The first-order chi connectivity index (χ1) is 12.5. The molecular formula is C22H25NO3. The van der Waals surface area contributed by atoms with Crippen molar-refractivity contribution < 1.29 is 14.3 Å². The SMILES string of the molecule is Cc1cccc(C)c1NC(=O)[C@H](C)OC(=O)c1ccc2c(c1)CCCC2. The minimum Gasteiger partial charge on any atom is -0.449 e. The number of nitrogens with one attached hydrogen (secondary N) is 1. The lowest BCUT2D eigenvalue weighted by molar-refractivity contribution is -0.123. The van der Waals surface area contributed by atoms with Crippen LogP contribution in [0.25, 0.3) is 0 Å². The molecule has 3 rings (SSSR count). The van der Waals surface area contributed by atoms with Gasteiger partial charge in [-0.05, 0) is 80.8 Å². The van der Waals surface area contributed by atoms with Crippen molar-refractivity contribution in [2.75, 3.05) is 5.32 Å². The molecule has 0 radical (unpaired) electrons. The second kappa shape index (κ2) is 7.73. The van der Waals surface area contributed by atoms with E-state index in [0.717, 1.165) is 36.1 Å². The Morgan fingerprint density at radius 1 is 1.00 bits per heavy atom. The summed E-state index contributed by atoms with van der Waals surface area (Å²) >= 11 is 0. The number of benzene rings is 2. The summed E-state index contributed by atoms with van der Waals surface area (Å²) in [4.78, 5) is 24.9. The van der Waals surface area contributed by atoms with Crippen LogP contribution < -0.4 is 5.32 Å². The molecule has 0 saturated carbocycles. The zero-order valence-corrected chi connectivity index (χ0v) is 15.6. The van der Waals surface area contributed by atoms with Crippen molar-refractivity contribution >= 4 is 17.6 Å². The van der Waals surface area contributed by atoms with E-state index in [1.165, 1.54) is 17.5 Å².